The normalized spacial score (nSPS) is 15.9. The van der Waals surface area contributed by atoms with Crippen molar-refractivity contribution in [1.29, 1.82) is 0 Å². The number of β-amino-alcohol motifs (C(OH)–C–C–N with tert-alkyl or cyclic N) is 1. The molecule has 2 heterocycles. The second-order valence-electron chi connectivity index (χ2n) is 5.97. The lowest BCUT2D eigenvalue weighted by molar-refractivity contribution is -0.120. The number of fused-ring (bicyclic) bond motifs is 1. The number of aliphatic hydroxyl groups excluding tert-OH is 1. The van der Waals surface area contributed by atoms with Gasteiger partial charge in [0.1, 0.15) is 0 Å². The number of nitrogens with zero attached hydrogens (tertiary/aromatic N) is 1. The van der Waals surface area contributed by atoms with Crippen molar-refractivity contribution in [3.8, 4) is 0 Å². The molecule has 0 spiro atoms. The highest BCUT2D eigenvalue weighted by Crippen LogP contribution is 2.18. The number of amides is 1. The topological polar surface area (TPSA) is 52.6 Å². The van der Waals surface area contributed by atoms with E-state index in [9.17, 15) is 9.90 Å². The van der Waals surface area contributed by atoms with Gasteiger partial charge in [-0.2, -0.15) is 0 Å². The van der Waals surface area contributed by atoms with E-state index in [2.05, 4.69) is 34.5 Å². The molecule has 0 fully saturated rings. The summed E-state index contributed by atoms with van der Waals surface area (Å²) in [5, 5.41) is 15.0. The highest BCUT2D eigenvalue weighted by atomic mass is 32.1. The van der Waals surface area contributed by atoms with E-state index in [1.165, 1.54) is 11.1 Å². The third-order valence-electron chi connectivity index (χ3n) is 4.13. The van der Waals surface area contributed by atoms with Gasteiger partial charge in [-0.25, -0.2) is 0 Å². The Kier molecular flexibility index (Phi) is 5.43. The van der Waals surface area contributed by atoms with Crippen LogP contribution in [0.3, 0.4) is 0 Å². The maximum atomic E-state index is 11.8. The second kappa shape index (κ2) is 7.73. The number of aliphatic hydroxyl groups is 1. The predicted octanol–water partition coefficient (Wildman–Crippen LogP) is 1.83. The van der Waals surface area contributed by atoms with E-state index in [1.807, 2.05) is 17.5 Å². The molecule has 23 heavy (non-hydrogen) atoms. The van der Waals surface area contributed by atoms with Gasteiger partial charge in [0.2, 0.25) is 5.91 Å². The van der Waals surface area contributed by atoms with Crippen molar-refractivity contribution >= 4 is 17.2 Å². The molecule has 5 heteroatoms. The molecule has 3 rings (SSSR count). The highest BCUT2D eigenvalue weighted by Gasteiger charge is 2.18. The molecule has 1 aliphatic heterocycles. The number of carbonyl (C=O) groups excluding carboxylic acids is 1. The van der Waals surface area contributed by atoms with E-state index in [1.54, 1.807) is 11.3 Å². The van der Waals surface area contributed by atoms with Gasteiger partial charge in [-0.1, -0.05) is 30.3 Å². The summed E-state index contributed by atoms with van der Waals surface area (Å²) in [7, 11) is 0. The van der Waals surface area contributed by atoms with Gasteiger partial charge >= 0.3 is 0 Å². The summed E-state index contributed by atoms with van der Waals surface area (Å²) in [5.41, 5.74) is 2.75. The lowest BCUT2D eigenvalue weighted by atomic mass is 10.00. The Labute approximate surface area is 140 Å². The standard InChI is InChI=1S/C18H22N2O2S/c21-16(11-19-18(22)10-17-6-3-9-23-17)13-20-8-7-14-4-1-2-5-15(14)12-20/h1-6,9,16,21H,7-8,10-13H2,(H,19,22)/t16-/m0/s1. The number of hydrogen-bond acceptors (Lipinski definition) is 4. The quantitative estimate of drug-likeness (QED) is 0.850. The number of benzene rings is 1. The molecule has 1 aromatic heterocycles. The first kappa shape index (κ1) is 16.2. The summed E-state index contributed by atoms with van der Waals surface area (Å²) in [6.07, 6.45) is 0.877. The molecular formula is C18H22N2O2S. The van der Waals surface area contributed by atoms with Crippen LogP contribution < -0.4 is 5.32 Å². The van der Waals surface area contributed by atoms with Crippen molar-refractivity contribution in [2.45, 2.75) is 25.5 Å². The summed E-state index contributed by atoms with van der Waals surface area (Å²) in [4.78, 5) is 15.1. The van der Waals surface area contributed by atoms with E-state index in [0.29, 0.717) is 19.5 Å². The molecule has 1 amide bonds. The largest absolute Gasteiger partial charge is 0.390 e. The summed E-state index contributed by atoms with van der Waals surface area (Å²) < 4.78 is 0. The van der Waals surface area contributed by atoms with Crippen molar-refractivity contribution < 1.29 is 9.90 Å². The first-order valence-electron chi connectivity index (χ1n) is 7.97. The van der Waals surface area contributed by atoms with Crippen molar-refractivity contribution in [2.24, 2.45) is 0 Å². The number of rotatable bonds is 6. The molecule has 0 unspecified atom stereocenters. The molecule has 4 nitrogen and oxygen atoms in total. The van der Waals surface area contributed by atoms with Gasteiger partial charge in [0, 0.05) is 31.1 Å². The minimum Gasteiger partial charge on any atom is -0.390 e. The van der Waals surface area contributed by atoms with Crippen LogP contribution in [-0.4, -0.2) is 41.7 Å². The highest BCUT2D eigenvalue weighted by molar-refractivity contribution is 7.10. The average Bonchev–Trinajstić information content (AvgIpc) is 3.06. The zero-order valence-electron chi connectivity index (χ0n) is 13.1. The van der Waals surface area contributed by atoms with Crippen LogP contribution in [0.2, 0.25) is 0 Å². The Morgan fingerprint density at radius 1 is 1.26 bits per heavy atom. The monoisotopic (exact) mass is 330 g/mol. The predicted molar refractivity (Wildman–Crippen MR) is 92.5 cm³/mol. The molecule has 0 saturated carbocycles. The first-order chi connectivity index (χ1) is 11.2. The molecule has 0 saturated heterocycles. The Morgan fingerprint density at radius 3 is 2.87 bits per heavy atom. The fourth-order valence-electron chi connectivity index (χ4n) is 2.94. The number of thiophene rings is 1. The molecule has 0 aliphatic carbocycles. The molecule has 2 N–H and O–H groups in total. The molecule has 1 aliphatic rings. The van der Waals surface area contributed by atoms with Crippen LogP contribution in [0.15, 0.2) is 41.8 Å². The molecule has 0 bridgehead atoms. The SMILES string of the molecule is O=C(Cc1cccs1)NC[C@H](O)CN1CCc2ccccc2C1. The smallest absolute Gasteiger partial charge is 0.225 e. The molecule has 122 valence electrons. The number of hydrogen-bond donors (Lipinski definition) is 2. The first-order valence-corrected chi connectivity index (χ1v) is 8.85. The van der Waals surface area contributed by atoms with Crippen LogP contribution in [0.4, 0.5) is 0 Å². The van der Waals surface area contributed by atoms with Crippen LogP contribution >= 0.6 is 11.3 Å². The van der Waals surface area contributed by atoms with Crippen molar-refractivity contribution in [3.05, 3.63) is 57.8 Å². The van der Waals surface area contributed by atoms with Crippen LogP contribution in [0.1, 0.15) is 16.0 Å². The van der Waals surface area contributed by atoms with Crippen LogP contribution in [0, 0.1) is 0 Å². The Hall–Kier alpha value is -1.69. The van der Waals surface area contributed by atoms with Gasteiger partial charge in [-0.3, -0.25) is 9.69 Å². The average molecular weight is 330 g/mol. The Bertz CT molecular complexity index is 642. The van der Waals surface area contributed by atoms with E-state index in [0.717, 1.165) is 24.4 Å². The van der Waals surface area contributed by atoms with Crippen LogP contribution in [-0.2, 0) is 24.2 Å². The maximum absolute atomic E-state index is 11.8. The zero-order valence-corrected chi connectivity index (χ0v) is 13.9. The van der Waals surface area contributed by atoms with E-state index in [-0.39, 0.29) is 5.91 Å². The number of nitrogens with one attached hydrogen (secondary N) is 1. The summed E-state index contributed by atoms with van der Waals surface area (Å²) in [6.45, 7) is 2.73. The fourth-order valence-corrected chi connectivity index (χ4v) is 3.64. The van der Waals surface area contributed by atoms with Crippen LogP contribution in [0.5, 0.6) is 0 Å². The molecule has 1 atom stereocenters. The van der Waals surface area contributed by atoms with E-state index in [4.69, 9.17) is 0 Å². The van der Waals surface area contributed by atoms with Gasteiger partial charge in [-0.05, 0) is 29.0 Å². The van der Waals surface area contributed by atoms with Crippen molar-refractivity contribution in [3.63, 3.8) is 0 Å². The molecule has 2 aromatic rings. The molecular weight excluding hydrogens is 308 g/mol. The van der Waals surface area contributed by atoms with E-state index < -0.39 is 6.10 Å². The van der Waals surface area contributed by atoms with Gasteiger partial charge < -0.3 is 10.4 Å². The molecule has 0 radical (unpaired) electrons. The Morgan fingerprint density at radius 2 is 2.09 bits per heavy atom. The van der Waals surface area contributed by atoms with Gasteiger partial charge in [-0.15, -0.1) is 11.3 Å². The minimum atomic E-state index is -0.535. The zero-order chi connectivity index (χ0) is 16.1. The van der Waals surface area contributed by atoms with Crippen LogP contribution in [0.25, 0.3) is 0 Å². The van der Waals surface area contributed by atoms with Gasteiger partial charge in [0.25, 0.3) is 0 Å². The lowest BCUT2D eigenvalue weighted by Gasteiger charge is -2.30. The summed E-state index contributed by atoms with van der Waals surface area (Å²) in [6, 6.07) is 12.3. The second-order valence-corrected chi connectivity index (χ2v) is 7.00. The van der Waals surface area contributed by atoms with E-state index >= 15 is 0 Å². The molecule has 1 aromatic carbocycles. The van der Waals surface area contributed by atoms with Crippen molar-refractivity contribution in [2.75, 3.05) is 19.6 Å². The lowest BCUT2D eigenvalue weighted by Crippen LogP contribution is -2.42. The third kappa shape index (κ3) is 4.64. The summed E-state index contributed by atoms with van der Waals surface area (Å²) >= 11 is 1.58. The van der Waals surface area contributed by atoms with Gasteiger partial charge in [0.05, 0.1) is 12.5 Å². The van der Waals surface area contributed by atoms with Gasteiger partial charge in [0.15, 0.2) is 0 Å². The number of carbonyl (C=O) groups is 1. The third-order valence-corrected chi connectivity index (χ3v) is 5.00. The maximum Gasteiger partial charge on any atom is 0.225 e. The summed E-state index contributed by atoms with van der Waals surface area (Å²) in [5.74, 6) is -0.0320. The van der Waals surface area contributed by atoms with Crippen molar-refractivity contribution in [1.82, 2.24) is 10.2 Å². The fraction of sp³-hybridized carbons (Fsp3) is 0.389. The minimum absolute atomic E-state index is 0.0320. The Balaban J connectivity index is 1.41.